The number of alkyl halides is 1. The van der Waals surface area contributed by atoms with Gasteiger partial charge in [0.05, 0.1) is 5.52 Å². The Labute approximate surface area is 166 Å². The van der Waals surface area contributed by atoms with Gasteiger partial charge in [0.15, 0.2) is 5.75 Å². The first-order valence-corrected chi connectivity index (χ1v) is 10.2. The highest BCUT2D eigenvalue weighted by atomic mass is 35.5. The van der Waals surface area contributed by atoms with Gasteiger partial charge in [0.2, 0.25) is 0 Å². The first-order valence-electron chi connectivity index (χ1n) is 9.70. The van der Waals surface area contributed by atoms with Crippen LogP contribution in [0.4, 0.5) is 5.69 Å². The summed E-state index contributed by atoms with van der Waals surface area (Å²) in [7, 11) is 1.76. The number of esters is 1. The quantitative estimate of drug-likeness (QED) is 0.294. The van der Waals surface area contributed by atoms with Gasteiger partial charge in [-0.25, -0.2) is 0 Å². The molecule has 0 saturated carbocycles. The molecule has 0 saturated heterocycles. The predicted octanol–water partition coefficient (Wildman–Crippen LogP) is 5.10. The number of methoxy groups -OCH3 is 1. The molecule has 1 aliphatic heterocycles. The second kappa shape index (κ2) is 8.53. The fourth-order valence-corrected chi connectivity index (χ4v) is 4.40. The number of aryl methyl sites for hydroxylation is 1. The van der Waals surface area contributed by atoms with Gasteiger partial charge in [0.1, 0.15) is 6.23 Å². The highest BCUT2D eigenvalue weighted by Gasteiger charge is 2.36. The molecule has 6 heteroatoms. The van der Waals surface area contributed by atoms with Crippen LogP contribution in [0.15, 0.2) is 12.3 Å². The lowest BCUT2D eigenvalue weighted by Crippen LogP contribution is -2.36. The number of halogens is 1. The lowest BCUT2D eigenvalue weighted by Gasteiger charge is -2.29. The zero-order valence-corrected chi connectivity index (χ0v) is 17.4. The average Bonchev–Trinajstić information content (AvgIpc) is 3.19. The maximum atomic E-state index is 11.6. The molecule has 0 bridgehead atoms. The van der Waals surface area contributed by atoms with Crippen LogP contribution in [0.2, 0.25) is 0 Å². The van der Waals surface area contributed by atoms with Crippen molar-refractivity contribution in [1.82, 2.24) is 4.98 Å². The van der Waals surface area contributed by atoms with Crippen molar-refractivity contribution in [2.75, 3.05) is 24.4 Å². The minimum atomic E-state index is -0.326. The molecule has 1 aromatic carbocycles. The first-order chi connectivity index (χ1) is 13.0. The van der Waals surface area contributed by atoms with Crippen LogP contribution in [-0.2, 0) is 9.53 Å². The molecule has 2 aromatic rings. The van der Waals surface area contributed by atoms with E-state index >= 15 is 0 Å². The van der Waals surface area contributed by atoms with E-state index in [2.05, 4.69) is 23.7 Å². The predicted molar refractivity (Wildman–Crippen MR) is 110 cm³/mol. The van der Waals surface area contributed by atoms with Gasteiger partial charge in [-0.3, -0.25) is 4.79 Å². The molecular formula is C21H29ClN2O3. The average molecular weight is 393 g/mol. The Kier molecular flexibility index (Phi) is 6.33. The van der Waals surface area contributed by atoms with Crippen LogP contribution in [0, 0.1) is 6.92 Å². The summed E-state index contributed by atoms with van der Waals surface area (Å²) in [6, 6.07) is 1.97. The number of anilines is 1. The number of rotatable bonds is 8. The van der Waals surface area contributed by atoms with E-state index in [1.165, 1.54) is 25.3 Å². The van der Waals surface area contributed by atoms with E-state index in [1.807, 2.05) is 12.3 Å². The zero-order valence-electron chi connectivity index (χ0n) is 16.6. The number of unbranched alkanes of at least 4 members (excludes halogenated alkanes) is 2. The van der Waals surface area contributed by atoms with Gasteiger partial charge < -0.3 is 19.4 Å². The Hall–Kier alpha value is -1.72. The third-order valence-electron chi connectivity index (χ3n) is 5.39. The van der Waals surface area contributed by atoms with Gasteiger partial charge in [-0.05, 0) is 30.9 Å². The summed E-state index contributed by atoms with van der Waals surface area (Å²) >= 11 is 6.36. The summed E-state index contributed by atoms with van der Waals surface area (Å²) in [5.41, 5.74) is 4.29. The molecule has 2 heterocycles. The molecule has 27 heavy (non-hydrogen) atoms. The molecule has 0 aliphatic carbocycles. The summed E-state index contributed by atoms with van der Waals surface area (Å²) in [5, 5.41) is 1.11. The van der Waals surface area contributed by atoms with Gasteiger partial charge in [-0.15, -0.1) is 11.6 Å². The van der Waals surface area contributed by atoms with Crippen molar-refractivity contribution in [3.63, 3.8) is 0 Å². The minimum absolute atomic E-state index is 0.00890. The maximum absolute atomic E-state index is 11.6. The number of aromatic nitrogens is 1. The Balaban J connectivity index is 2.10. The van der Waals surface area contributed by atoms with E-state index in [0.717, 1.165) is 41.5 Å². The van der Waals surface area contributed by atoms with Crippen molar-refractivity contribution >= 4 is 34.2 Å². The van der Waals surface area contributed by atoms with E-state index < -0.39 is 0 Å². The molecule has 1 aliphatic rings. The molecule has 148 valence electrons. The number of hydrogen-bond donors (Lipinski definition) is 1. The highest BCUT2D eigenvalue weighted by molar-refractivity contribution is 6.18. The number of carbonyl (C=O) groups is 1. The number of carbonyl (C=O) groups excluding carboxylic acids is 1. The van der Waals surface area contributed by atoms with Crippen LogP contribution in [0.25, 0.3) is 10.9 Å². The van der Waals surface area contributed by atoms with Crippen LogP contribution in [0.1, 0.15) is 56.6 Å². The summed E-state index contributed by atoms with van der Waals surface area (Å²) in [6.07, 6.45) is 6.40. The van der Waals surface area contributed by atoms with Crippen molar-refractivity contribution in [3.05, 3.63) is 23.4 Å². The van der Waals surface area contributed by atoms with Crippen LogP contribution < -0.4 is 9.64 Å². The number of aromatic amines is 1. The number of ether oxygens (including phenoxy) is 2. The van der Waals surface area contributed by atoms with E-state index in [1.54, 1.807) is 7.11 Å². The van der Waals surface area contributed by atoms with Crippen molar-refractivity contribution in [2.24, 2.45) is 0 Å². The van der Waals surface area contributed by atoms with E-state index in [9.17, 15) is 4.79 Å². The molecule has 2 atom stereocenters. The van der Waals surface area contributed by atoms with Crippen molar-refractivity contribution < 1.29 is 14.3 Å². The zero-order chi connectivity index (χ0) is 19.6. The number of fused-ring (bicyclic) bond motifs is 3. The summed E-state index contributed by atoms with van der Waals surface area (Å²) in [5.74, 6) is 0.997. The number of nitrogens with one attached hydrogen (secondary N) is 1. The molecule has 1 unspecified atom stereocenters. The second-order valence-corrected chi connectivity index (χ2v) is 7.62. The van der Waals surface area contributed by atoms with E-state index in [0.29, 0.717) is 11.6 Å². The summed E-state index contributed by atoms with van der Waals surface area (Å²) in [6.45, 7) is 6.51. The highest BCUT2D eigenvalue weighted by Crippen LogP contribution is 2.47. The van der Waals surface area contributed by atoms with Crippen LogP contribution in [0.5, 0.6) is 5.75 Å². The number of nitrogens with zero attached hydrogens (tertiary/aromatic N) is 1. The van der Waals surface area contributed by atoms with Gasteiger partial charge in [0, 0.05) is 55.7 Å². The van der Waals surface area contributed by atoms with Gasteiger partial charge >= 0.3 is 5.97 Å². The van der Waals surface area contributed by atoms with E-state index in [4.69, 9.17) is 21.1 Å². The largest absolute Gasteiger partial charge is 0.424 e. The second-order valence-electron chi connectivity index (χ2n) is 7.31. The van der Waals surface area contributed by atoms with Crippen molar-refractivity contribution in [1.29, 1.82) is 0 Å². The molecule has 3 rings (SSSR count). The summed E-state index contributed by atoms with van der Waals surface area (Å²) in [4.78, 5) is 17.2. The lowest BCUT2D eigenvalue weighted by atomic mass is 9.96. The molecule has 0 radical (unpaired) electrons. The van der Waals surface area contributed by atoms with Gasteiger partial charge in [-0.1, -0.05) is 19.8 Å². The van der Waals surface area contributed by atoms with Gasteiger partial charge in [-0.2, -0.15) is 0 Å². The van der Waals surface area contributed by atoms with Crippen LogP contribution >= 0.6 is 11.6 Å². The fraction of sp³-hybridized carbons (Fsp3) is 0.571. The molecule has 1 N–H and O–H groups in total. The SMILES string of the molecule is CCCCCC(OC)N1C[C@@H](CCl)c2c1cc(OC(C)=O)c1[nH]cc(C)c21. The fourth-order valence-electron chi connectivity index (χ4n) is 4.15. The number of hydrogen-bond acceptors (Lipinski definition) is 4. The number of benzene rings is 1. The Morgan fingerprint density at radius 3 is 2.85 bits per heavy atom. The molecule has 0 amide bonds. The topological polar surface area (TPSA) is 54.6 Å². The Morgan fingerprint density at radius 2 is 2.22 bits per heavy atom. The summed E-state index contributed by atoms with van der Waals surface area (Å²) < 4.78 is 11.4. The first kappa shape index (κ1) is 20.0. The van der Waals surface area contributed by atoms with Crippen LogP contribution in [-0.4, -0.2) is 36.7 Å². The van der Waals surface area contributed by atoms with Crippen molar-refractivity contribution in [2.45, 2.75) is 58.6 Å². The minimum Gasteiger partial charge on any atom is -0.424 e. The standard InChI is InChI=1S/C21H29ClN2O3/c1-5-6-7-8-18(26-4)24-12-15(10-22)20-16(24)9-17(27-14(3)25)21-19(20)13(2)11-23-21/h9,11,15,18,23H,5-8,10,12H2,1-4H3/t15-,18?/m1/s1. The molecular weight excluding hydrogens is 364 g/mol. The third kappa shape index (κ3) is 3.81. The monoisotopic (exact) mass is 392 g/mol. The van der Waals surface area contributed by atoms with Crippen molar-refractivity contribution in [3.8, 4) is 5.75 Å². The Bertz CT molecular complexity index is 817. The van der Waals surface area contributed by atoms with Crippen LogP contribution in [0.3, 0.4) is 0 Å². The molecule has 1 aromatic heterocycles. The molecule has 0 fully saturated rings. The number of H-pyrrole nitrogens is 1. The maximum Gasteiger partial charge on any atom is 0.308 e. The normalized spacial score (nSPS) is 17.4. The van der Waals surface area contributed by atoms with E-state index in [-0.39, 0.29) is 18.1 Å². The van der Waals surface area contributed by atoms with Gasteiger partial charge in [0.25, 0.3) is 0 Å². The smallest absolute Gasteiger partial charge is 0.308 e. The third-order valence-corrected chi connectivity index (χ3v) is 5.76. The molecule has 0 spiro atoms. The lowest BCUT2D eigenvalue weighted by molar-refractivity contribution is -0.131. The Morgan fingerprint density at radius 1 is 1.44 bits per heavy atom. The molecule has 5 nitrogen and oxygen atoms in total.